The monoisotopic (exact) mass is 305 g/mol. The van der Waals surface area contributed by atoms with Crippen molar-refractivity contribution in [1.82, 2.24) is 5.32 Å². The molecule has 1 atom stereocenters. The number of phenols is 1. The number of para-hydroxylation sites is 1. The van der Waals surface area contributed by atoms with Crippen LogP contribution in [0, 0.1) is 5.82 Å². The SMILES string of the molecule is O=C(N[C@H]1CCc2c(F)cc(Cl)cc21)c1ccccc1O. The lowest BCUT2D eigenvalue weighted by atomic mass is 10.1. The second-order valence-electron chi connectivity index (χ2n) is 5.04. The zero-order valence-electron chi connectivity index (χ0n) is 11.1. The number of hydrogen-bond acceptors (Lipinski definition) is 2. The Bertz CT molecular complexity index is 717. The van der Waals surface area contributed by atoms with Crippen molar-refractivity contribution in [1.29, 1.82) is 0 Å². The van der Waals surface area contributed by atoms with Gasteiger partial charge in [-0.3, -0.25) is 4.79 Å². The first kappa shape index (κ1) is 13.9. The molecule has 3 nitrogen and oxygen atoms in total. The number of halogens is 2. The van der Waals surface area contributed by atoms with Gasteiger partial charge >= 0.3 is 0 Å². The Kier molecular flexibility index (Phi) is 3.55. The van der Waals surface area contributed by atoms with Crippen LogP contribution in [0.15, 0.2) is 36.4 Å². The van der Waals surface area contributed by atoms with E-state index in [0.717, 1.165) is 0 Å². The molecule has 0 aliphatic heterocycles. The van der Waals surface area contributed by atoms with Crippen LogP contribution in [0.5, 0.6) is 5.75 Å². The van der Waals surface area contributed by atoms with E-state index < -0.39 is 0 Å². The molecule has 0 unspecified atom stereocenters. The van der Waals surface area contributed by atoms with Gasteiger partial charge in [-0.1, -0.05) is 23.7 Å². The molecule has 2 N–H and O–H groups in total. The summed E-state index contributed by atoms with van der Waals surface area (Å²) in [7, 11) is 0. The number of carbonyl (C=O) groups is 1. The molecule has 0 saturated carbocycles. The molecule has 0 fully saturated rings. The Morgan fingerprint density at radius 3 is 2.86 bits per heavy atom. The normalized spacial score (nSPS) is 16.6. The first-order valence-corrected chi connectivity index (χ1v) is 7.00. The van der Waals surface area contributed by atoms with E-state index in [0.29, 0.717) is 29.0 Å². The molecule has 2 aromatic carbocycles. The number of phenolic OH excluding ortho intramolecular Hbond substituents is 1. The molecule has 0 heterocycles. The fourth-order valence-corrected chi connectivity index (χ4v) is 2.91. The Morgan fingerprint density at radius 2 is 2.10 bits per heavy atom. The Labute approximate surface area is 126 Å². The molecule has 1 aliphatic rings. The second kappa shape index (κ2) is 5.37. The van der Waals surface area contributed by atoms with Gasteiger partial charge in [0.25, 0.3) is 5.91 Å². The third-order valence-electron chi connectivity index (χ3n) is 3.71. The van der Waals surface area contributed by atoms with Crippen molar-refractivity contribution in [2.75, 3.05) is 0 Å². The summed E-state index contributed by atoms with van der Waals surface area (Å²) in [6.45, 7) is 0. The highest BCUT2D eigenvalue weighted by atomic mass is 35.5. The number of benzene rings is 2. The minimum absolute atomic E-state index is 0.0782. The molecule has 0 spiro atoms. The van der Waals surface area contributed by atoms with Crippen LogP contribution in [0.4, 0.5) is 4.39 Å². The van der Waals surface area contributed by atoms with Gasteiger partial charge in [0.2, 0.25) is 0 Å². The third-order valence-corrected chi connectivity index (χ3v) is 3.93. The highest BCUT2D eigenvalue weighted by molar-refractivity contribution is 6.30. The predicted molar refractivity (Wildman–Crippen MR) is 78.0 cm³/mol. The molecule has 2 aromatic rings. The van der Waals surface area contributed by atoms with Crippen molar-refractivity contribution in [3.63, 3.8) is 0 Å². The van der Waals surface area contributed by atoms with Crippen LogP contribution in [0.3, 0.4) is 0 Å². The molecule has 0 radical (unpaired) electrons. The van der Waals surface area contributed by atoms with Gasteiger partial charge in [0.05, 0.1) is 11.6 Å². The van der Waals surface area contributed by atoms with Crippen LogP contribution in [0.1, 0.15) is 33.9 Å². The largest absolute Gasteiger partial charge is 0.507 e. The molecule has 21 heavy (non-hydrogen) atoms. The third kappa shape index (κ3) is 2.59. The lowest BCUT2D eigenvalue weighted by molar-refractivity contribution is 0.0934. The smallest absolute Gasteiger partial charge is 0.255 e. The van der Waals surface area contributed by atoms with Crippen LogP contribution in [-0.2, 0) is 6.42 Å². The fraction of sp³-hybridized carbons (Fsp3) is 0.188. The van der Waals surface area contributed by atoms with Crippen LogP contribution in [0.25, 0.3) is 0 Å². The Balaban J connectivity index is 1.86. The zero-order valence-corrected chi connectivity index (χ0v) is 11.8. The lowest BCUT2D eigenvalue weighted by Crippen LogP contribution is -2.27. The number of fused-ring (bicyclic) bond motifs is 1. The molecule has 0 bridgehead atoms. The second-order valence-corrected chi connectivity index (χ2v) is 5.47. The number of carbonyl (C=O) groups excluding carboxylic acids is 1. The van der Waals surface area contributed by atoms with Crippen molar-refractivity contribution < 1.29 is 14.3 Å². The Hall–Kier alpha value is -2.07. The van der Waals surface area contributed by atoms with Crippen LogP contribution in [0.2, 0.25) is 5.02 Å². The fourth-order valence-electron chi connectivity index (χ4n) is 2.69. The first-order chi connectivity index (χ1) is 10.1. The van der Waals surface area contributed by atoms with Gasteiger partial charge in [-0.05, 0) is 48.2 Å². The van der Waals surface area contributed by atoms with Gasteiger partial charge in [-0.25, -0.2) is 4.39 Å². The molecule has 1 aliphatic carbocycles. The van der Waals surface area contributed by atoms with Gasteiger partial charge in [-0.15, -0.1) is 0 Å². The van der Waals surface area contributed by atoms with E-state index in [1.165, 1.54) is 12.1 Å². The van der Waals surface area contributed by atoms with E-state index in [4.69, 9.17) is 11.6 Å². The van der Waals surface area contributed by atoms with Crippen molar-refractivity contribution in [2.24, 2.45) is 0 Å². The van der Waals surface area contributed by atoms with Gasteiger partial charge in [0.1, 0.15) is 11.6 Å². The van der Waals surface area contributed by atoms with Crippen LogP contribution < -0.4 is 5.32 Å². The lowest BCUT2D eigenvalue weighted by Gasteiger charge is -2.15. The number of aromatic hydroxyl groups is 1. The van der Waals surface area contributed by atoms with Crippen molar-refractivity contribution in [3.05, 3.63) is 63.9 Å². The van der Waals surface area contributed by atoms with E-state index in [2.05, 4.69) is 5.32 Å². The van der Waals surface area contributed by atoms with E-state index in [9.17, 15) is 14.3 Å². The maximum absolute atomic E-state index is 13.8. The van der Waals surface area contributed by atoms with Crippen LogP contribution >= 0.6 is 11.6 Å². The van der Waals surface area contributed by atoms with Gasteiger partial charge in [0, 0.05) is 5.02 Å². The molecule has 3 rings (SSSR count). The summed E-state index contributed by atoms with van der Waals surface area (Å²) in [5, 5.41) is 12.8. The van der Waals surface area contributed by atoms with E-state index in [-0.39, 0.29) is 29.1 Å². The summed E-state index contributed by atoms with van der Waals surface area (Å²) in [5.74, 6) is -0.798. The number of hydrogen-bond donors (Lipinski definition) is 2. The topological polar surface area (TPSA) is 49.3 Å². The summed E-state index contributed by atoms with van der Waals surface area (Å²) in [4.78, 5) is 12.2. The van der Waals surface area contributed by atoms with Crippen LogP contribution in [-0.4, -0.2) is 11.0 Å². The highest BCUT2D eigenvalue weighted by Crippen LogP contribution is 2.35. The minimum atomic E-state index is -0.383. The van der Waals surface area contributed by atoms with Gasteiger partial charge < -0.3 is 10.4 Å². The average molecular weight is 306 g/mol. The molecule has 1 amide bonds. The molecule has 0 saturated heterocycles. The Morgan fingerprint density at radius 1 is 1.33 bits per heavy atom. The summed E-state index contributed by atoms with van der Waals surface area (Å²) >= 11 is 5.88. The number of nitrogens with one attached hydrogen (secondary N) is 1. The molecular weight excluding hydrogens is 293 g/mol. The summed E-state index contributed by atoms with van der Waals surface area (Å²) in [6.07, 6.45) is 1.18. The van der Waals surface area contributed by atoms with Crippen molar-refractivity contribution in [3.8, 4) is 5.75 Å². The predicted octanol–water partition coefficient (Wildman–Crippen LogP) is 3.60. The average Bonchev–Trinajstić information content (AvgIpc) is 2.82. The standard InChI is InChI=1S/C16H13ClFNO2/c17-9-7-12-10(13(18)8-9)5-6-14(12)19-16(21)11-3-1-2-4-15(11)20/h1-4,7-8,14,20H,5-6H2,(H,19,21)/t14-/m0/s1. The van der Waals surface area contributed by atoms with E-state index in [1.54, 1.807) is 24.3 Å². The van der Waals surface area contributed by atoms with Crippen molar-refractivity contribution in [2.45, 2.75) is 18.9 Å². The maximum atomic E-state index is 13.8. The first-order valence-electron chi connectivity index (χ1n) is 6.63. The summed E-state index contributed by atoms with van der Waals surface area (Å²) < 4.78 is 13.8. The number of amides is 1. The molecule has 0 aromatic heterocycles. The maximum Gasteiger partial charge on any atom is 0.255 e. The minimum Gasteiger partial charge on any atom is -0.507 e. The highest BCUT2D eigenvalue weighted by Gasteiger charge is 2.27. The molecule has 5 heteroatoms. The molecule has 108 valence electrons. The molecular formula is C16H13ClFNO2. The summed E-state index contributed by atoms with van der Waals surface area (Å²) in [6, 6.07) is 8.99. The number of rotatable bonds is 2. The zero-order chi connectivity index (χ0) is 15.0. The van der Waals surface area contributed by atoms with Crippen molar-refractivity contribution >= 4 is 17.5 Å². The van der Waals surface area contributed by atoms with Gasteiger partial charge in [-0.2, -0.15) is 0 Å². The van der Waals surface area contributed by atoms with Gasteiger partial charge in [0.15, 0.2) is 0 Å². The quantitative estimate of drug-likeness (QED) is 0.890. The summed E-state index contributed by atoms with van der Waals surface area (Å²) in [5.41, 5.74) is 1.51. The van der Waals surface area contributed by atoms with E-state index in [1.807, 2.05) is 0 Å². The van der Waals surface area contributed by atoms with E-state index >= 15 is 0 Å².